The van der Waals surface area contributed by atoms with Crippen molar-refractivity contribution in [3.63, 3.8) is 0 Å². The van der Waals surface area contributed by atoms with E-state index in [1.165, 1.54) is 27.7 Å². The van der Waals surface area contributed by atoms with E-state index in [1.54, 1.807) is 0 Å². The molecule has 0 N–H and O–H groups in total. The minimum absolute atomic E-state index is 0.722. The highest BCUT2D eigenvalue weighted by Gasteiger charge is 2.10. The first-order valence-corrected chi connectivity index (χ1v) is 11.5. The Labute approximate surface area is 189 Å². The molecule has 1 heterocycles. The molecule has 5 rings (SSSR count). The lowest BCUT2D eigenvalue weighted by molar-refractivity contribution is 0.306. The normalized spacial score (nSPS) is 11.2. The number of hydrogen-bond acceptors (Lipinski definition) is 2. The Bertz CT molecular complexity index is 1300. The topological polar surface area (TPSA) is 27.1 Å². The van der Waals surface area contributed by atoms with Gasteiger partial charge in [-0.15, -0.1) is 0 Å². The van der Waals surface area contributed by atoms with Gasteiger partial charge in [0.25, 0.3) is 0 Å². The second-order valence-electron chi connectivity index (χ2n) is 8.19. The predicted molar refractivity (Wildman–Crippen MR) is 132 cm³/mol. The monoisotopic (exact) mass is 420 g/mol. The van der Waals surface area contributed by atoms with Crippen molar-refractivity contribution in [3.8, 4) is 5.75 Å². The van der Waals surface area contributed by atoms with Crippen LogP contribution in [-0.2, 0) is 19.4 Å². The van der Waals surface area contributed by atoms with Gasteiger partial charge in [-0.3, -0.25) is 0 Å². The SMILES string of the molecule is c1ccc(CCc2nc3ccccc3n2CCCCOc2cccc3ccccc23)cc1. The van der Waals surface area contributed by atoms with Gasteiger partial charge in [-0.1, -0.05) is 78.9 Å². The fourth-order valence-corrected chi connectivity index (χ4v) is 4.34. The van der Waals surface area contributed by atoms with Crippen molar-refractivity contribution in [1.82, 2.24) is 9.55 Å². The molecule has 0 aliphatic rings. The summed E-state index contributed by atoms with van der Waals surface area (Å²) in [4.78, 5) is 4.94. The molecule has 0 bridgehead atoms. The number of benzene rings is 4. The van der Waals surface area contributed by atoms with Crippen molar-refractivity contribution >= 4 is 21.8 Å². The van der Waals surface area contributed by atoms with Crippen molar-refractivity contribution in [1.29, 1.82) is 0 Å². The molecule has 0 aliphatic carbocycles. The van der Waals surface area contributed by atoms with Gasteiger partial charge in [0.05, 0.1) is 17.6 Å². The van der Waals surface area contributed by atoms with E-state index in [9.17, 15) is 0 Å². The number of ether oxygens (including phenoxy) is 1. The van der Waals surface area contributed by atoms with Crippen LogP contribution >= 0.6 is 0 Å². The molecule has 0 amide bonds. The number of aromatic nitrogens is 2. The Hall–Kier alpha value is -3.59. The molecular weight excluding hydrogens is 392 g/mol. The molecule has 0 fully saturated rings. The number of imidazole rings is 1. The first kappa shape index (κ1) is 20.3. The van der Waals surface area contributed by atoms with E-state index >= 15 is 0 Å². The average molecular weight is 421 g/mol. The molecule has 0 saturated heterocycles. The second kappa shape index (κ2) is 9.69. The maximum atomic E-state index is 6.14. The van der Waals surface area contributed by atoms with Gasteiger partial charge in [-0.25, -0.2) is 4.98 Å². The Morgan fingerprint density at radius 1 is 0.688 bits per heavy atom. The molecule has 5 aromatic rings. The zero-order chi connectivity index (χ0) is 21.6. The lowest BCUT2D eigenvalue weighted by Crippen LogP contribution is -2.07. The number of nitrogens with zero attached hydrogens (tertiary/aromatic N) is 2. The van der Waals surface area contributed by atoms with Crippen LogP contribution in [0.2, 0.25) is 0 Å². The highest BCUT2D eigenvalue weighted by molar-refractivity contribution is 5.88. The third-order valence-corrected chi connectivity index (χ3v) is 6.00. The van der Waals surface area contributed by atoms with Crippen molar-refractivity contribution < 1.29 is 4.74 Å². The summed E-state index contributed by atoms with van der Waals surface area (Å²) < 4.78 is 8.54. The molecule has 3 heteroatoms. The Kier molecular flexibility index (Phi) is 6.16. The summed E-state index contributed by atoms with van der Waals surface area (Å²) in [6.07, 6.45) is 4.02. The lowest BCUT2D eigenvalue weighted by atomic mass is 10.1. The van der Waals surface area contributed by atoms with Crippen LogP contribution in [0, 0.1) is 0 Å². The number of hydrogen-bond donors (Lipinski definition) is 0. The van der Waals surface area contributed by atoms with E-state index < -0.39 is 0 Å². The van der Waals surface area contributed by atoms with Crippen LogP contribution in [-0.4, -0.2) is 16.2 Å². The number of unbranched alkanes of at least 4 members (excludes halogenated alkanes) is 1. The van der Waals surface area contributed by atoms with Crippen LogP contribution in [0.1, 0.15) is 24.2 Å². The van der Waals surface area contributed by atoms with Gasteiger partial charge in [0.15, 0.2) is 0 Å². The van der Waals surface area contributed by atoms with E-state index in [0.717, 1.165) is 50.1 Å². The second-order valence-corrected chi connectivity index (χ2v) is 8.19. The van der Waals surface area contributed by atoms with Gasteiger partial charge in [0.1, 0.15) is 11.6 Å². The molecule has 32 heavy (non-hydrogen) atoms. The van der Waals surface area contributed by atoms with Crippen LogP contribution in [0.5, 0.6) is 5.75 Å². The minimum Gasteiger partial charge on any atom is -0.493 e. The summed E-state index contributed by atoms with van der Waals surface area (Å²) >= 11 is 0. The average Bonchev–Trinajstić information content (AvgIpc) is 3.21. The number of aryl methyl sites for hydroxylation is 3. The molecule has 1 aromatic heterocycles. The van der Waals surface area contributed by atoms with Crippen LogP contribution in [0.4, 0.5) is 0 Å². The maximum Gasteiger partial charge on any atom is 0.127 e. The van der Waals surface area contributed by atoms with E-state index in [4.69, 9.17) is 9.72 Å². The smallest absolute Gasteiger partial charge is 0.127 e. The lowest BCUT2D eigenvalue weighted by Gasteiger charge is -2.11. The number of rotatable bonds is 9. The highest BCUT2D eigenvalue weighted by Crippen LogP contribution is 2.25. The Morgan fingerprint density at radius 2 is 1.47 bits per heavy atom. The highest BCUT2D eigenvalue weighted by atomic mass is 16.5. The van der Waals surface area contributed by atoms with Crippen LogP contribution in [0.15, 0.2) is 97.1 Å². The van der Waals surface area contributed by atoms with Crippen molar-refractivity contribution in [2.75, 3.05) is 6.61 Å². The molecule has 4 aromatic carbocycles. The van der Waals surface area contributed by atoms with E-state index in [0.29, 0.717) is 0 Å². The summed E-state index contributed by atoms with van der Waals surface area (Å²) in [6.45, 7) is 1.68. The third-order valence-electron chi connectivity index (χ3n) is 6.00. The molecule has 0 saturated carbocycles. The van der Waals surface area contributed by atoms with Gasteiger partial charge in [0, 0.05) is 18.4 Å². The van der Waals surface area contributed by atoms with Gasteiger partial charge in [0.2, 0.25) is 0 Å². The zero-order valence-electron chi connectivity index (χ0n) is 18.3. The van der Waals surface area contributed by atoms with Crippen molar-refractivity contribution in [2.24, 2.45) is 0 Å². The largest absolute Gasteiger partial charge is 0.493 e. The molecule has 0 atom stereocenters. The molecule has 0 unspecified atom stereocenters. The molecule has 160 valence electrons. The van der Waals surface area contributed by atoms with Crippen molar-refractivity contribution in [2.45, 2.75) is 32.2 Å². The minimum atomic E-state index is 0.722. The van der Waals surface area contributed by atoms with Crippen LogP contribution in [0.25, 0.3) is 21.8 Å². The molecular formula is C29H28N2O. The molecule has 0 radical (unpaired) electrons. The summed E-state index contributed by atoms with van der Waals surface area (Å²) in [5, 5.41) is 2.40. The summed E-state index contributed by atoms with van der Waals surface area (Å²) in [7, 11) is 0. The Morgan fingerprint density at radius 3 is 2.41 bits per heavy atom. The standard InChI is InChI=1S/C29H28N2O/c1-2-11-23(12-3-1)19-20-29-30-26-16-6-7-17-27(26)31(29)21-8-9-22-32-28-18-10-14-24-13-4-5-15-25(24)28/h1-7,10-18H,8-9,19-22H2. The third kappa shape index (κ3) is 4.52. The first-order chi connectivity index (χ1) is 15.9. The quantitative estimate of drug-likeness (QED) is 0.244. The summed E-state index contributed by atoms with van der Waals surface area (Å²) in [5.74, 6) is 2.14. The summed E-state index contributed by atoms with van der Waals surface area (Å²) in [6, 6.07) is 33.8. The first-order valence-electron chi connectivity index (χ1n) is 11.5. The zero-order valence-corrected chi connectivity index (χ0v) is 18.3. The predicted octanol–water partition coefficient (Wildman–Crippen LogP) is 6.83. The van der Waals surface area contributed by atoms with Crippen LogP contribution in [0.3, 0.4) is 0 Å². The number of para-hydroxylation sites is 2. The van der Waals surface area contributed by atoms with E-state index in [1.807, 2.05) is 0 Å². The van der Waals surface area contributed by atoms with Crippen molar-refractivity contribution in [3.05, 3.63) is 108 Å². The van der Waals surface area contributed by atoms with E-state index in [-0.39, 0.29) is 0 Å². The molecule has 3 nitrogen and oxygen atoms in total. The fourth-order valence-electron chi connectivity index (χ4n) is 4.34. The van der Waals surface area contributed by atoms with Gasteiger partial charge in [-0.2, -0.15) is 0 Å². The van der Waals surface area contributed by atoms with Crippen LogP contribution < -0.4 is 4.74 Å². The van der Waals surface area contributed by atoms with Gasteiger partial charge >= 0.3 is 0 Å². The number of fused-ring (bicyclic) bond motifs is 2. The fraction of sp³-hybridized carbons (Fsp3) is 0.207. The van der Waals surface area contributed by atoms with E-state index in [2.05, 4.69) is 102 Å². The van der Waals surface area contributed by atoms with Gasteiger partial charge in [-0.05, 0) is 48.4 Å². The Balaban J connectivity index is 1.22. The maximum absolute atomic E-state index is 6.14. The molecule has 0 spiro atoms. The van der Waals surface area contributed by atoms with Gasteiger partial charge < -0.3 is 9.30 Å². The summed E-state index contributed by atoms with van der Waals surface area (Å²) in [5.41, 5.74) is 3.67. The molecule has 0 aliphatic heterocycles.